The van der Waals surface area contributed by atoms with Crippen molar-refractivity contribution in [2.75, 3.05) is 6.54 Å². The third-order valence-electron chi connectivity index (χ3n) is 0.902. The molecule has 0 spiro atoms. The summed E-state index contributed by atoms with van der Waals surface area (Å²) in [4.78, 5) is 10.5. The van der Waals surface area contributed by atoms with Crippen LogP contribution < -0.4 is 5.32 Å². The molecule has 3 heteroatoms. The van der Waals surface area contributed by atoms with Crippen LogP contribution in [0, 0.1) is 0 Å². The van der Waals surface area contributed by atoms with Crippen LogP contribution in [0.25, 0.3) is 0 Å². The van der Waals surface area contributed by atoms with E-state index in [0.29, 0.717) is 0 Å². The van der Waals surface area contributed by atoms with Crippen molar-refractivity contribution < 1.29 is 15.4 Å². The van der Waals surface area contributed by atoms with Crippen LogP contribution in [0.5, 0.6) is 0 Å². The summed E-state index contributed by atoms with van der Waals surface area (Å²) in [6.07, 6.45) is -5.35. The predicted octanol–water partition coefficient (Wildman–Crippen LogP) is 1.24. The Balaban J connectivity index is 4.62. The fraction of sp³-hybridized carbons (Fsp3) is 0.875. The summed E-state index contributed by atoms with van der Waals surface area (Å²) >= 11 is 0. The maximum atomic E-state index is 10.5. The van der Waals surface area contributed by atoms with E-state index < -0.39 is 18.7 Å². The number of aliphatic carboxylic acids is 1. The number of nitrogens with one attached hydrogen (secondary N) is 1. The molecule has 0 atom stereocenters. The Morgan fingerprint density at radius 3 is 2.55 bits per heavy atom. The second-order valence-corrected chi connectivity index (χ2v) is 3.21. The lowest BCUT2D eigenvalue weighted by Crippen LogP contribution is -2.36. The van der Waals surface area contributed by atoms with Crippen molar-refractivity contribution in [3.05, 3.63) is 0 Å². The molecule has 2 N–H and O–H groups in total. The van der Waals surface area contributed by atoms with E-state index in [1.54, 1.807) is 20.8 Å². The average molecular weight is 163 g/mol. The van der Waals surface area contributed by atoms with E-state index in [2.05, 4.69) is 5.32 Å². The van der Waals surface area contributed by atoms with Gasteiger partial charge >= 0.3 is 5.97 Å². The molecule has 0 heterocycles. The first kappa shape index (κ1) is 5.14. The molecule has 0 aromatic heterocycles. The van der Waals surface area contributed by atoms with Gasteiger partial charge in [0.15, 0.2) is 0 Å². The van der Waals surface area contributed by atoms with Crippen LogP contribution in [0.2, 0.25) is 0 Å². The number of carbonyl (C=O) groups is 1. The highest BCUT2D eigenvalue weighted by atomic mass is 16.4. The van der Waals surface area contributed by atoms with Crippen molar-refractivity contribution >= 4 is 5.97 Å². The molecule has 0 unspecified atom stereocenters. The van der Waals surface area contributed by atoms with Gasteiger partial charge in [-0.15, -0.1) is 0 Å². The monoisotopic (exact) mass is 163 g/mol. The SMILES string of the molecule is [2H]C([2H])(CNC(C)(C)C)C([2H])([2H])C(=O)O. The fourth-order valence-corrected chi connectivity index (χ4v) is 0.429. The van der Waals surface area contributed by atoms with Gasteiger partial charge in [-0.3, -0.25) is 4.79 Å². The normalized spacial score (nSPS) is 19.5. The first-order valence-electron chi connectivity index (χ1n) is 5.38. The molecule has 0 saturated carbocycles. The minimum atomic E-state index is -2.90. The van der Waals surface area contributed by atoms with Crippen LogP contribution in [0.15, 0.2) is 0 Å². The lowest BCUT2D eigenvalue weighted by molar-refractivity contribution is -0.137. The van der Waals surface area contributed by atoms with Crippen molar-refractivity contribution in [3.8, 4) is 0 Å². The van der Waals surface area contributed by atoms with E-state index in [-0.39, 0.29) is 12.1 Å². The molecule has 0 radical (unpaired) electrons. The largest absolute Gasteiger partial charge is 0.481 e. The van der Waals surface area contributed by atoms with Gasteiger partial charge in [-0.1, -0.05) is 0 Å². The fourth-order valence-electron chi connectivity index (χ4n) is 0.429. The van der Waals surface area contributed by atoms with E-state index in [0.717, 1.165) is 0 Å². The highest BCUT2D eigenvalue weighted by Crippen LogP contribution is 1.98. The Labute approximate surface area is 73.4 Å². The average Bonchev–Trinajstić information content (AvgIpc) is 1.99. The number of carboxylic acids is 1. The van der Waals surface area contributed by atoms with Gasteiger partial charge in [-0.2, -0.15) is 0 Å². The minimum absolute atomic E-state index is 0.351. The van der Waals surface area contributed by atoms with Gasteiger partial charge in [0, 0.05) is 17.4 Å². The third-order valence-corrected chi connectivity index (χ3v) is 0.902. The van der Waals surface area contributed by atoms with Crippen molar-refractivity contribution in [2.24, 2.45) is 0 Å². The molecule has 66 valence electrons. The molecule has 0 amide bonds. The van der Waals surface area contributed by atoms with E-state index in [1.807, 2.05) is 0 Å². The molecule has 0 aliphatic heterocycles. The molecular formula is C8H17NO2. The second kappa shape index (κ2) is 4.34. The summed E-state index contributed by atoms with van der Waals surface area (Å²) < 4.78 is 29.1. The lowest BCUT2D eigenvalue weighted by Gasteiger charge is -2.19. The van der Waals surface area contributed by atoms with Crippen LogP contribution in [0.4, 0.5) is 0 Å². The molecule has 0 aliphatic rings. The smallest absolute Gasteiger partial charge is 0.303 e. The Bertz CT molecular complexity index is 248. The predicted molar refractivity (Wildman–Crippen MR) is 44.6 cm³/mol. The highest BCUT2D eigenvalue weighted by molar-refractivity contribution is 5.66. The van der Waals surface area contributed by atoms with Crippen LogP contribution in [-0.2, 0) is 4.79 Å². The second-order valence-electron chi connectivity index (χ2n) is 3.21. The first-order valence-corrected chi connectivity index (χ1v) is 3.38. The zero-order valence-electron chi connectivity index (χ0n) is 11.1. The van der Waals surface area contributed by atoms with E-state index in [1.165, 1.54) is 0 Å². The number of rotatable bonds is 4. The van der Waals surface area contributed by atoms with Gasteiger partial charge in [-0.05, 0) is 33.7 Å². The Morgan fingerprint density at radius 1 is 1.64 bits per heavy atom. The molecule has 0 aromatic rings. The quantitative estimate of drug-likeness (QED) is 0.655. The zero-order valence-corrected chi connectivity index (χ0v) is 7.06. The summed E-state index contributed by atoms with van der Waals surface area (Å²) in [7, 11) is 0. The number of hydrogen-bond donors (Lipinski definition) is 2. The molecule has 0 aliphatic carbocycles. The minimum Gasteiger partial charge on any atom is -0.481 e. The van der Waals surface area contributed by atoms with Crippen molar-refractivity contribution in [1.82, 2.24) is 5.32 Å². The molecular weight excluding hydrogens is 142 g/mol. The van der Waals surface area contributed by atoms with Gasteiger partial charge in [0.25, 0.3) is 0 Å². The lowest BCUT2D eigenvalue weighted by atomic mass is 10.1. The van der Waals surface area contributed by atoms with Crippen LogP contribution in [-0.4, -0.2) is 23.2 Å². The van der Waals surface area contributed by atoms with Crippen LogP contribution in [0.1, 0.15) is 39.0 Å². The standard InChI is InChI=1S/C8H17NO2/c1-8(2,3)9-6-4-5-7(10)11/h9H,4-6H2,1-3H3,(H,10,11)/i4D2,5D2. The van der Waals surface area contributed by atoms with E-state index in [9.17, 15) is 4.79 Å². The molecule has 0 fully saturated rings. The summed E-state index contributed by atoms with van der Waals surface area (Å²) in [6, 6.07) is 0. The van der Waals surface area contributed by atoms with Crippen molar-refractivity contribution in [1.29, 1.82) is 0 Å². The van der Waals surface area contributed by atoms with Gasteiger partial charge in [-0.25, -0.2) is 0 Å². The molecule has 3 nitrogen and oxygen atoms in total. The maximum absolute atomic E-state index is 10.5. The number of carboxylic acid groups (broad SMARTS) is 1. The van der Waals surface area contributed by atoms with E-state index >= 15 is 0 Å². The van der Waals surface area contributed by atoms with Crippen molar-refractivity contribution in [2.45, 2.75) is 39.1 Å². The van der Waals surface area contributed by atoms with Crippen LogP contribution in [0.3, 0.4) is 0 Å². The summed E-state index contributed by atoms with van der Waals surface area (Å²) in [5, 5.41) is 11.3. The molecule has 11 heavy (non-hydrogen) atoms. The Morgan fingerprint density at radius 2 is 2.18 bits per heavy atom. The summed E-state index contributed by atoms with van der Waals surface area (Å²) in [5.74, 6) is -1.79. The van der Waals surface area contributed by atoms with Crippen LogP contribution >= 0.6 is 0 Å². The van der Waals surface area contributed by atoms with Gasteiger partial charge in [0.2, 0.25) is 0 Å². The third kappa shape index (κ3) is 9.43. The summed E-state index contributed by atoms with van der Waals surface area (Å²) in [6.45, 7) is 5.02. The molecule has 0 aromatic carbocycles. The highest BCUT2D eigenvalue weighted by Gasteiger charge is 2.07. The maximum Gasteiger partial charge on any atom is 0.303 e. The Hall–Kier alpha value is -0.570. The molecule has 0 bridgehead atoms. The topological polar surface area (TPSA) is 49.3 Å². The van der Waals surface area contributed by atoms with Crippen molar-refractivity contribution in [3.63, 3.8) is 0 Å². The molecule has 0 rings (SSSR count). The molecule has 0 saturated heterocycles. The summed E-state index contributed by atoms with van der Waals surface area (Å²) in [5.41, 5.74) is -0.387. The first-order chi connectivity index (χ1) is 6.40. The zero-order chi connectivity index (χ0) is 12.5. The van der Waals surface area contributed by atoms with Gasteiger partial charge in [0.05, 0.1) is 0 Å². The number of hydrogen-bond acceptors (Lipinski definition) is 2. The van der Waals surface area contributed by atoms with E-state index in [4.69, 9.17) is 10.6 Å². The van der Waals surface area contributed by atoms with Gasteiger partial charge < -0.3 is 10.4 Å². The van der Waals surface area contributed by atoms with Gasteiger partial charge in [0.1, 0.15) is 0 Å². The Kier molecular flexibility index (Phi) is 2.03.